The highest BCUT2D eigenvalue weighted by molar-refractivity contribution is 5.36. The van der Waals surface area contributed by atoms with Gasteiger partial charge in [-0.1, -0.05) is 74.0 Å². The summed E-state index contributed by atoms with van der Waals surface area (Å²) in [6.07, 6.45) is 3.02. The van der Waals surface area contributed by atoms with Gasteiger partial charge in [0.2, 0.25) is 0 Å². The Morgan fingerprint density at radius 2 is 1.41 bits per heavy atom. The third-order valence-corrected chi connectivity index (χ3v) is 4.40. The fourth-order valence-electron chi connectivity index (χ4n) is 3.25. The Labute approximate surface area is 134 Å². The van der Waals surface area contributed by atoms with E-state index in [1.54, 1.807) is 0 Å². The Morgan fingerprint density at radius 3 is 1.82 bits per heavy atom. The summed E-state index contributed by atoms with van der Waals surface area (Å²) in [5, 5.41) is 15.0. The molecular weight excluding hydrogens is 270 g/mol. The molecule has 0 fully saturated rings. The van der Waals surface area contributed by atoms with Crippen molar-refractivity contribution in [1.29, 1.82) is 0 Å². The van der Waals surface area contributed by atoms with Gasteiger partial charge in [-0.05, 0) is 43.5 Å². The molecule has 0 aliphatic rings. The van der Waals surface area contributed by atoms with E-state index in [0.29, 0.717) is 0 Å². The van der Waals surface area contributed by atoms with E-state index >= 15 is 0 Å². The van der Waals surface area contributed by atoms with Crippen LogP contribution in [0.3, 0.4) is 0 Å². The summed E-state index contributed by atoms with van der Waals surface area (Å²) in [5.74, 6) is 0.190. The van der Waals surface area contributed by atoms with E-state index < -0.39 is 5.60 Å². The number of benzene rings is 2. The smallest absolute Gasteiger partial charge is 0.117 e. The van der Waals surface area contributed by atoms with Gasteiger partial charge in [0.05, 0.1) is 0 Å². The van der Waals surface area contributed by atoms with Crippen molar-refractivity contribution in [3.8, 4) is 0 Å². The molecule has 2 aromatic rings. The monoisotopic (exact) mass is 297 g/mol. The standard InChI is InChI=1S/C20H27NO/c1-3-10-17(15-16-21-2)20(22,18-11-6-4-7-12-18)19-13-8-5-9-14-19/h4-9,11-14,17,21-22H,3,10,15-16H2,1-2H3. The highest BCUT2D eigenvalue weighted by Crippen LogP contribution is 2.40. The molecule has 0 radical (unpaired) electrons. The number of aliphatic hydroxyl groups is 1. The van der Waals surface area contributed by atoms with Crippen molar-refractivity contribution in [3.63, 3.8) is 0 Å². The third-order valence-electron chi connectivity index (χ3n) is 4.40. The Bertz CT molecular complexity index is 499. The third kappa shape index (κ3) is 3.57. The summed E-state index contributed by atoms with van der Waals surface area (Å²) in [5.41, 5.74) is 1.03. The summed E-state index contributed by atoms with van der Waals surface area (Å²) in [6.45, 7) is 3.09. The molecule has 0 aliphatic heterocycles. The topological polar surface area (TPSA) is 32.3 Å². The minimum Gasteiger partial charge on any atom is -0.380 e. The summed E-state index contributed by atoms with van der Waals surface area (Å²) in [4.78, 5) is 0. The Hall–Kier alpha value is -1.64. The first-order chi connectivity index (χ1) is 10.7. The minimum atomic E-state index is -0.935. The SMILES string of the molecule is CCCC(CCNC)C(O)(c1ccccc1)c1ccccc1. The van der Waals surface area contributed by atoms with E-state index in [1.165, 1.54) is 0 Å². The zero-order chi connectivity index (χ0) is 15.8. The van der Waals surface area contributed by atoms with Crippen molar-refractivity contribution in [2.45, 2.75) is 31.8 Å². The lowest BCUT2D eigenvalue weighted by Gasteiger charge is -2.37. The fourth-order valence-corrected chi connectivity index (χ4v) is 3.25. The summed E-state index contributed by atoms with van der Waals surface area (Å²) < 4.78 is 0. The quantitative estimate of drug-likeness (QED) is 0.773. The first kappa shape index (κ1) is 16.7. The number of nitrogens with one attached hydrogen (secondary N) is 1. The van der Waals surface area contributed by atoms with Crippen molar-refractivity contribution in [2.75, 3.05) is 13.6 Å². The van der Waals surface area contributed by atoms with Crippen molar-refractivity contribution < 1.29 is 5.11 Å². The average Bonchev–Trinajstić information content (AvgIpc) is 2.59. The minimum absolute atomic E-state index is 0.190. The van der Waals surface area contributed by atoms with Crippen LogP contribution in [-0.4, -0.2) is 18.7 Å². The van der Waals surface area contributed by atoms with Crippen LogP contribution in [0.15, 0.2) is 60.7 Å². The predicted molar refractivity (Wildman–Crippen MR) is 92.8 cm³/mol. The maximum Gasteiger partial charge on any atom is 0.117 e. The molecule has 1 atom stereocenters. The Morgan fingerprint density at radius 1 is 0.909 bits per heavy atom. The molecule has 1 unspecified atom stereocenters. The van der Waals surface area contributed by atoms with Gasteiger partial charge in [0.15, 0.2) is 0 Å². The Balaban J connectivity index is 2.48. The molecule has 0 aromatic heterocycles. The van der Waals surface area contributed by atoms with Gasteiger partial charge in [0.1, 0.15) is 5.60 Å². The van der Waals surface area contributed by atoms with Crippen molar-refractivity contribution in [2.24, 2.45) is 5.92 Å². The van der Waals surface area contributed by atoms with Gasteiger partial charge in [0.25, 0.3) is 0 Å². The molecule has 0 saturated carbocycles. The van der Waals surface area contributed by atoms with Gasteiger partial charge >= 0.3 is 0 Å². The van der Waals surface area contributed by atoms with Gasteiger partial charge in [-0.3, -0.25) is 0 Å². The largest absolute Gasteiger partial charge is 0.380 e. The van der Waals surface area contributed by atoms with Crippen molar-refractivity contribution in [1.82, 2.24) is 5.32 Å². The lowest BCUT2D eigenvalue weighted by Crippen LogP contribution is -2.38. The maximum absolute atomic E-state index is 11.7. The molecule has 0 aliphatic carbocycles. The van der Waals surface area contributed by atoms with Crippen LogP contribution in [0.4, 0.5) is 0 Å². The van der Waals surface area contributed by atoms with E-state index in [2.05, 4.69) is 12.2 Å². The van der Waals surface area contributed by atoms with Crippen LogP contribution >= 0.6 is 0 Å². The first-order valence-electron chi connectivity index (χ1n) is 8.21. The highest BCUT2D eigenvalue weighted by atomic mass is 16.3. The van der Waals surface area contributed by atoms with Crippen LogP contribution < -0.4 is 5.32 Å². The maximum atomic E-state index is 11.7. The second-order valence-electron chi connectivity index (χ2n) is 5.88. The van der Waals surface area contributed by atoms with E-state index in [-0.39, 0.29) is 5.92 Å². The molecule has 0 amide bonds. The normalized spacial score (nSPS) is 13.0. The number of hydrogen-bond donors (Lipinski definition) is 2. The number of rotatable bonds is 8. The van der Waals surface area contributed by atoms with Crippen LogP contribution in [0.1, 0.15) is 37.3 Å². The van der Waals surface area contributed by atoms with E-state index in [9.17, 15) is 5.11 Å². The fraction of sp³-hybridized carbons (Fsp3) is 0.400. The van der Waals surface area contributed by atoms with Crippen LogP contribution in [0, 0.1) is 5.92 Å². The van der Waals surface area contributed by atoms with Gasteiger partial charge < -0.3 is 10.4 Å². The number of hydrogen-bond acceptors (Lipinski definition) is 2. The Kier molecular flexibility index (Phi) is 6.17. The van der Waals surface area contributed by atoms with Gasteiger partial charge in [0, 0.05) is 0 Å². The zero-order valence-electron chi connectivity index (χ0n) is 13.6. The summed E-state index contributed by atoms with van der Waals surface area (Å²) in [7, 11) is 1.97. The molecule has 2 nitrogen and oxygen atoms in total. The van der Waals surface area contributed by atoms with E-state index in [1.807, 2.05) is 67.7 Å². The summed E-state index contributed by atoms with van der Waals surface area (Å²) in [6, 6.07) is 20.2. The molecule has 22 heavy (non-hydrogen) atoms. The summed E-state index contributed by atoms with van der Waals surface area (Å²) >= 11 is 0. The molecular formula is C20H27NO. The van der Waals surface area contributed by atoms with Crippen LogP contribution in [0.2, 0.25) is 0 Å². The van der Waals surface area contributed by atoms with Gasteiger partial charge in [-0.2, -0.15) is 0 Å². The molecule has 118 valence electrons. The molecule has 0 bridgehead atoms. The molecule has 2 aromatic carbocycles. The second kappa shape index (κ2) is 8.11. The van der Waals surface area contributed by atoms with E-state index in [4.69, 9.17) is 0 Å². The lowest BCUT2D eigenvalue weighted by molar-refractivity contribution is 0.00802. The van der Waals surface area contributed by atoms with Crippen molar-refractivity contribution in [3.05, 3.63) is 71.8 Å². The van der Waals surface area contributed by atoms with Gasteiger partial charge in [-0.25, -0.2) is 0 Å². The first-order valence-corrected chi connectivity index (χ1v) is 8.21. The van der Waals surface area contributed by atoms with Crippen LogP contribution in [0.25, 0.3) is 0 Å². The molecule has 2 rings (SSSR count). The molecule has 0 heterocycles. The zero-order valence-corrected chi connectivity index (χ0v) is 13.6. The van der Waals surface area contributed by atoms with Crippen LogP contribution in [0.5, 0.6) is 0 Å². The molecule has 0 spiro atoms. The lowest BCUT2D eigenvalue weighted by atomic mass is 9.73. The molecule has 2 N–H and O–H groups in total. The molecule has 0 saturated heterocycles. The van der Waals surface area contributed by atoms with Gasteiger partial charge in [-0.15, -0.1) is 0 Å². The average molecular weight is 297 g/mol. The molecule has 2 heteroatoms. The van der Waals surface area contributed by atoms with Crippen molar-refractivity contribution >= 4 is 0 Å². The predicted octanol–water partition coefficient (Wildman–Crippen LogP) is 3.95. The highest BCUT2D eigenvalue weighted by Gasteiger charge is 2.38. The van der Waals surface area contributed by atoms with Crippen LogP contribution in [-0.2, 0) is 5.60 Å². The second-order valence-corrected chi connectivity index (χ2v) is 5.88. The van der Waals surface area contributed by atoms with E-state index in [0.717, 1.165) is 36.9 Å².